The van der Waals surface area contributed by atoms with Gasteiger partial charge in [0.1, 0.15) is 0 Å². The standard InChI is InChI=1S/C12H23NO/c1-9(2)12(3,4)11(13-14)10-7-5-6-8-10/h9-10,14H,5-8H2,1-4H3/b13-11+. The van der Waals surface area contributed by atoms with Gasteiger partial charge in [-0.25, -0.2) is 0 Å². The highest BCUT2D eigenvalue weighted by Crippen LogP contribution is 2.37. The second-order valence-corrected chi connectivity index (χ2v) is 5.34. The van der Waals surface area contributed by atoms with E-state index in [2.05, 4.69) is 32.9 Å². The SMILES string of the molecule is CC(C)C(C)(C)/C(=N/O)C1CCCC1. The highest BCUT2D eigenvalue weighted by molar-refractivity contribution is 5.91. The van der Waals surface area contributed by atoms with Gasteiger partial charge >= 0.3 is 0 Å². The Hall–Kier alpha value is -0.530. The first-order valence-corrected chi connectivity index (χ1v) is 5.72. The number of hydrogen-bond donors (Lipinski definition) is 1. The second kappa shape index (κ2) is 4.33. The van der Waals surface area contributed by atoms with Gasteiger partial charge in [-0.3, -0.25) is 0 Å². The average Bonchev–Trinajstić information content (AvgIpc) is 2.57. The fourth-order valence-corrected chi connectivity index (χ4v) is 2.23. The van der Waals surface area contributed by atoms with Crippen molar-refractivity contribution in [1.82, 2.24) is 0 Å². The van der Waals surface area contributed by atoms with Crippen LogP contribution in [-0.4, -0.2) is 10.9 Å². The molecule has 0 atom stereocenters. The van der Waals surface area contributed by atoms with E-state index in [0.717, 1.165) is 5.71 Å². The molecule has 0 aromatic heterocycles. The Labute approximate surface area is 87.4 Å². The van der Waals surface area contributed by atoms with Crippen LogP contribution in [-0.2, 0) is 0 Å². The fraction of sp³-hybridized carbons (Fsp3) is 0.917. The summed E-state index contributed by atoms with van der Waals surface area (Å²) in [6, 6.07) is 0. The average molecular weight is 197 g/mol. The Bertz CT molecular complexity index is 212. The molecule has 0 unspecified atom stereocenters. The van der Waals surface area contributed by atoms with Crippen molar-refractivity contribution >= 4 is 5.71 Å². The Morgan fingerprint density at radius 1 is 1.29 bits per heavy atom. The smallest absolute Gasteiger partial charge is 0.0660 e. The van der Waals surface area contributed by atoms with E-state index in [1.165, 1.54) is 25.7 Å². The molecule has 2 heteroatoms. The van der Waals surface area contributed by atoms with Crippen LogP contribution in [0.1, 0.15) is 53.4 Å². The van der Waals surface area contributed by atoms with Crippen molar-refractivity contribution in [3.8, 4) is 0 Å². The summed E-state index contributed by atoms with van der Waals surface area (Å²) in [5.74, 6) is 1.05. The number of rotatable bonds is 3. The molecule has 0 saturated heterocycles. The van der Waals surface area contributed by atoms with Gasteiger partial charge in [0.2, 0.25) is 0 Å². The summed E-state index contributed by atoms with van der Waals surface area (Å²) in [7, 11) is 0. The minimum atomic E-state index is 0.0315. The molecule has 0 bridgehead atoms. The molecule has 1 saturated carbocycles. The van der Waals surface area contributed by atoms with Crippen molar-refractivity contribution in [1.29, 1.82) is 0 Å². The molecule has 82 valence electrons. The monoisotopic (exact) mass is 197 g/mol. The maximum atomic E-state index is 9.16. The van der Waals surface area contributed by atoms with Crippen molar-refractivity contribution in [2.45, 2.75) is 53.4 Å². The van der Waals surface area contributed by atoms with Crippen molar-refractivity contribution in [2.75, 3.05) is 0 Å². The normalized spacial score (nSPS) is 20.8. The third-order valence-electron chi connectivity index (χ3n) is 3.95. The molecule has 0 aromatic rings. The first-order valence-electron chi connectivity index (χ1n) is 5.72. The molecule has 1 rings (SSSR count). The zero-order valence-corrected chi connectivity index (χ0v) is 9.88. The van der Waals surface area contributed by atoms with Crippen LogP contribution in [0.25, 0.3) is 0 Å². The van der Waals surface area contributed by atoms with Crippen molar-refractivity contribution in [3.63, 3.8) is 0 Å². The predicted molar refractivity (Wildman–Crippen MR) is 59.8 cm³/mol. The Balaban J connectivity index is 2.80. The van der Waals surface area contributed by atoms with Gasteiger partial charge < -0.3 is 5.21 Å². The van der Waals surface area contributed by atoms with E-state index in [9.17, 15) is 0 Å². The highest BCUT2D eigenvalue weighted by Gasteiger charge is 2.35. The van der Waals surface area contributed by atoms with Crippen molar-refractivity contribution < 1.29 is 5.21 Å². The van der Waals surface area contributed by atoms with Crippen molar-refractivity contribution in [2.24, 2.45) is 22.4 Å². The molecule has 0 radical (unpaired) electrons. The van der Waals surface area contributed by atoms with E-state index in [1.807, 2.05) is 0 Å². The Morgan fingerprint density at radius 2 is 1.79 bits per heavy atom. The van der Waals surface area contributed by atoms with Gasteiger partial charge in [0, 0.05) is 11.3 Å². The molecule has 1 N–H and O–H groups in total. The van der Waals surface area contributed by atoms with Gasteiger partial charge in [-0.1, -0.05) is 45.7 Å². The van der Waals surface area contributed by atoms with E-state index in [4.69, 9.17) is 5.21 Å². The minimum absolute atomic E-state index is 0.0315. The van der Waals surface area contributed by atoms with Gasteiger partial charge in [0.25, 0.3) is 0 Å². The summed E-state index contributed by atoms with van der Waals surface area (Å²) in [5, 5.41) is 12.7. The van der Waals surface area contributed by atoms with Crippen LogP contribution < -0.4 is 0 Å². The van der Waals surface area contributed by atoms with E-state index >= 15 is 0 Å². The highest BCUT2D eigenvalue weighted by atomic mass is 16.4. The zero-order valence-electron chi connectivity index (χ0n) is 9.88. The maximum Gasteiger partial charge on any atom is 0.0660 e. The maximum absolute atomic E-state index is 9.16. The Kier molecular flexibility index (Phi) is 3.57. The fourth-order valence-electron chi connectivity index (χ4n) is 2.23. The van der Waals surface area contributed by atoms with Crippen LogP contribution in [0.15, 0.2) is 5.16 Å². The van der Waals surface area contributed by atoms with Crippen LogP contribution in [0.5, 0.6) is 0 Å². The van der Waals surface area contributed by atoms with Crippen LogP contribution in [0.4, 0.5) is 0 Å². The molecule has 0 aliphatic heterocycles. The van der Waals surface area contributed by atoms with Crippen molar-refractivity contribution in [3.05, 3.63) is 0 Å². The van der Waals surface area contributed by atoms with Gasteiger partial charge in [-0.15, -0.1) is 0 Å². The van der Waals surface area contributed by atoms with Gasteiger partial charge in [0.15, 0.2) is 0 Å². The molecule has 0 aromatic carbocycles. The topological polar surface area (TPSA) is 32.6 Å². The molecule has 1 aliphatic carbocycles. The third-order valence-corrected chi connectivity index (χ3v) is 3.95. The zero-order chi connectivity index (χ0) is 10.8. The van der Waals surface area contributed by atoms with Crippen LogP contribution in [0, 0.1) is 17.3 Å². The number of nitrogens with zero attached hydrogens (tertiary/aromatic N) is 1. The van der Waals surface area contributed by atoms with E-state index in [1.54, 1.807) is 0 Å². The Morgan fingerprint density at radius 3 is 2.14 bits per heavy atom. The molecule has 1 aliphatic rings. The van der Waals surface area contributed by atoms with Crippen LogP contribution in [0.2, 0.25) is 0 Å². The first-order chi connectivity index (χ1) is 6.50. The van der Waals surface area contributed by atoms with E-state index < -0.39 is 0 Å². The molecule has 1 fully saturated rings. The number of hydrogen-bond acceptors (Lipinski definition) is 2. The lowest BCUT2D eigenvalue weighted by molar-refractivity contribution is 0.281. The van der Waals surface area contributed by atoms with E-state index in [0.29, 0.717) is 11.8 Å². The van der Waals surface area contributed by atoms with E-state index in [-0.39, 0.29) is 5.41 Å². The van der Waals surface area contributed by atoms with Gasteiger partial charge in [-0.2, -0.15) is 0 Å². The summed E-state index contributed by atoms with van der Waals surface area (Å²) in [4.78, 5) is 0. The molecular weight excluding hydrogens is 174 g/mol. The first kappa shape index (κ1) is 11.5. The molecule has 2 nitrogen and oxygen atoms in total. The number of oxime groups is 1. The predicted octanol–water partition coefficient (Wildman–Crippen LogP) is 3.69. The summed E-state index contributed by atoms with van der Waals surface area (Å²) in [6.45, 7) is 8.76. The van der Waals surface area contributed by atoms with Crippen LogP contribution in [0.3, 0.4) is 0 Å². The van der Waals surface area contributed by atoms with Gasteiger partial charge in [-0.05, 0) is 18.8 Å². The summed E-state index contributed by atoms with van der Waals surface area (Å²) in [5.41, 5.74) is 1.05. The lowest BCUT2D eigenvalue weighted by Gasteiger charge is -2.33. The summed E-state index contributed by atoms with van der Waals surface area (Å²) >= 11 is 0. The summed E-state index contributed by atoms with van der Waals surface area (Å²) in [6.07, 6.45) is 4.99. The molecule has 0 amide bonds. The molecule has 0 heterocycles. The summed E-state index contributed by atoms with van der Waals surface area (Å²) < 4.78 is 0. The third kappa shape index (κ3) is 2.10. The largest absolute Gasteiger partial charge is 0.411 e. The second-order valence-electron chi connectivity index (χ2n) is 5.34. The molecule has 0 spiro atoms. The van der Waals surface area contributed by atoms with Gasteiger partial charge in [0.05, 0.1) is 5.71 Å². The molecule has 14 heavy (non-hydrogen) atoms. The lowest BCUT2D eigenvalue weighted by atomic mass is 9.72. The van der Waals surface area contributed by atoms with Crippen LogP contribution >= 0.6 is 0 Å². The lowest BCUT2D eigenvalue weighted by Crippen LogP contribution is -2.34. The minimum Gasteiger partial charge on any atom is -0.411 e. The molecular formula is C12H23NO. The quantitative estimate of drug-likeness (QED) is 0.418.